The van der Waals surface area contributed by atoms with Gasteiger partial charge in [-0.2, -0.15) is 0 Å². The molecule has 0 aromatic heterocycles. The topological polar surface area (TPSA) is 9.23 Å². The van der Waals surface area contributed by atoms with Crippen LogP contribution in [-0.4, -0.2) is 19.4 Å². The molecule has 1 nitrogen and oxygen atoms in total. The molecule has 0 amide bonds. The molecule has 1 aromatic rings. The Hall–Kier alpha value is -1.74. The molecule has 0 radical (unpaired) electrons. The first-order valence-electron chi connectivity index (χ1n) is 5.74. The predicted molar refractivity (Wildman–Crippen MR) is 67.2 cm³/mol. The van der Waals surface area contributed by atoms with Gasteiger partial charge in [0.25, 0.3) is 0 Å². The van der Waals surface area contributed by atoms with E-state index in [2.05, 4.69) is 0 Å². The van der Waals surface area contributed by atoms with Crippen molar-refractivity contribution in [3.05, 3.63) is 58.9 Å². The van der Waals surface area contributed by atoms with E-state index < -0.39 is 5.67 Å². The lowest BCUT2D eigenvalue weighted by atomic mass is 9.86. The minimum Gasteiger partial charge on any atom is -0.381 e. The third-order valence-electron chi connectivity index (χ3n) is 3.35. The second-order valence-corrected chi connectivity index (χ2v) is 4.49. The molecule has 0 spiro atoms. The zero-order valence-electron chi connectivity index (χ0n) is 9.91. The molecule has 3 heteroatoms. The molecule has 2 aliphatic carbocycles. The van der Waals surface area contributed by atoms with Crippen molar-refractivity contribution in [2.75, 3.05) is 13.7 Å². The van der Waals surface area contributed by atoms with Crippen molar-refractivity contribution in [1.29, 1.82) is 0 Å². The van der Waals surface area contributed by atoms with Crippen LogP contribution < -0.4 is 0 Å². The molecule has 0 bridgehead atoms. The largest absolute Gasteiger partial charge is 0.381 e. The summed E-state index contributed by atoms with van der Waals surface area (Å²) in [5, 5.41) is 0. The number of rotatable bonds is 2. The Labute approximate surface area is 104 Å². The van der Waals surface area contributed by atoms with Gasteiger partial charge in [-0.15, -0.1) is 0 Å². The van der Waals surface area contributed by atoms with E-state index in [4.69, 9.17) is 4.74 Å². The molecule has 1 unspecified atom stereocenters. The average Bonchev–Trinajstić information content (AvgIpc) is 2.72. The number of halogens is 2. The van der Waals surface area contributed by atoms with Gasteiger partial charge in [0.15, 0.2) is 5.67 Å². The number of ether oxygens (including phenoxy) is 1. The molecule has 2 aliphatic rings. The third kappa shape index (κ3) is 1.47. The van der Waals surface area contributed by atoms with Gasteiger partial charge in [-0.25, -0.2) is 8.78 Å². The fourth-order valence-electron chi connectivity index (χ4n) is 2.53. The molecule has 92 valence electrons. The number of hydrogen-bond acceptors (Lipinski definition) is 1. The molecule has 1 atom stereocenters. The summed E-state index contributed by atoms with van der Waals surface area (Å²) in [6, 6.07) is 4.83. The van der Waals surface area contributed by atoms with E-state index in [1.165, 1.54) is 19.3 Å². The van der Waals surface area contributed by atoms with E-state index in [1.54, 1.807) is 24.3 Å². The van der Waals surface area contributed by atoms with Crippen LogP contribution in [0.1, 0.15) is 11.1 Å². The molecule has 3 rings (SSSR count). The summed E-state index contributed by atoms with van der Waals surface area (Å²) < 4.78 is 33.4. The lowest BCUT2D eigenvalue weighted by molar-refractivity contribution is 0.102. The minimum absolute atomic E-state index is 0.0672. The number of alkyl halides is 1. The summed E-state index contributed by atoms with van der Waals surface area (Å²) >= 11 is 0. The van der Waals surface area contributed by atoms with Crippen LogP contribution in [0.4, 0.5) is 8.78 Å². The number of allylic oxidation sites excluding steroid dienone is 3. The van der Waals surface area contributed by atoms with Crippen molar-refractivity contribution in [2.24, 2.45) is 0 Å². The van der Waals surface area contributed by atoms with Crippen LogP contribution in [0.3, 0.4) is 0 Å². The Kier molecular flexibility index (Phi) is 2.45. The predicted octanol–water partition coefficient (Wildman–Crippen LogP) is 3.53. The lowest BCUT2D eigenvalue weighted by Gasteiger charge is -2.26. The molecule has 1 aromatic carbocycles. The SMILES string of the molecule is COCC1(F)C=CC=C2C1=Cc1c(F)cccc12. The third-order valence-corrected chi connectivity index (χ3v) is 3.35. The fraction of sp³-hybridized carbons (Fsp3) is 0.200. The highest BCUT2D eigenvalue weighted by Gasteiger charge is 2.39. The van der Waals surface area contributed by atoms with Crippen LogP contribution in [0.15, 0.2) is 42.0 Å². The Morgan fingerprint density at radius 2 is 2.17 bits per heavy atom. The zero-order valence-corrected chi connectivity index (χ0v) is 9.91. The average molecular weight is 246 g/mol. The minimum atomic E-state index is -1.68. The van der Waals surface area contributed by atoms with Crippen LogP contribution in [0, 0.1) is 5.82 Å². The summed E-state index contributed by atoms with van der Waals surface area (Å²) in [5.41, 5.74) is 0.746. The highest BCUT2D eigenvalue weighted by molar-refractivity contribution is 5.98. The van der Waals surface area contributed by atoms with Crippen molar-refractivity contribution in [1.82, 2.24) is 0 Å². The first-order chi connectivity index (χ1) is 8.65. The van der Waals surface area contributed by atoms with Gasteiger partial charge in [-0.1, -0.05) is 24.3 Å². The van der Waals surface area contributed by atoms with E-state index in [1.807, 2.05) is 6.08 Å². The molecular formula is C15H12F2O. The Morgan fingerprint density at radius 3 is 2.94 bits per heavy atom. The molecule has 0 fully saturated rings. The maximum Gasteiger partial charge on any atom is 0.178 e. The van der Waals surface area contributed by atoms with E-state index in [0.717, 1.165) is 11.1 Å². The van der Waals surface area contributed by atoms with Gasteiger partial charge in [-0.05, 0) is 29.4 Å². The second kappa shape index (κ2) is 3.89. The van der Waals surface area contributed by atoms with Gasteiger partial charge in [-0.3, -0.25) is 0 Å². The maximum absolute atomic E-state index is 14.8. The second-order valence-electron chi connectivity index (χ2n) is 4.49. The van der Waals surface area contributed by atoms with E-state index in [0.29, 0.717) is 11.1 Å². The van der Waals surface area contributed by atoms with Crippen molar-refractivity contribution in [3.8, 4) is 0 Å². The number of methoxy groups -OCH3 is 1. The Morgan fingerprint density at radius 1 is 1.33 bits per heavy atom. The first-order valence-corrected chi connectivity index (χ1v) is 5.74. The molecule has 0 N–H and O–H groups in total. The molecular weight excluding hydrogens is 234 g/mol. The normalized spacial score (nSPS) is 24.4. The van der Waals surface area contributed by atoms with Crippen LogP contribution in [-0.2, 0) is 4.74 Å². The molecule has 0 heterocycles. The van der Waals surface area contributed by atoms with Crippen molar-refractivity contribution in [3.63, 3.8) is 0 Å². The summed E-state index contributed by atoms with van der Waals surface area (Å²) in [7, 11) is 1.45. The van der Waals surface area contributed by atoms with Crippen LogP contribution >= 0.6 is 0 Å². The summed E-state index contributed by atoms with van der Waals surface area (Å²) in [4.78, 5) is 0. The smallest absolute Gasteiger partial charge is 0.178 e. The fourth-order valence-corrected chi connectivity index (χ4v) is 2.53. The maximum atomic E-state index is 14.8. The molecule has 0 saturated heterocycles. The molecule has 18 heavy (non-hydrogen) atoms. The Balaban J connectivity index is 2.16. The number of hydrogen-bond donors (Lipinski definition) is 0. The zero-order chi connectivity index (χ0) is 12.8. The number of fused-ring (bicyclic) bond motifs is 3. The van der Waals surface area contributed by atoms with Gasteiger partial charge in [0.1, 0.15) is 5.82 Å². The highest BCUT2D eigenvalue weighted by Crippen LogP contribution is 2.46. The molecule has 0 saturated carbocycles. The summed E-state index contributed by atoms with van der Waals surface area (Å²) in [5.74, 6) is -0.324. The van der Waals surface area contributed by atoms with E-state index in [9.17, 15) is 8.78 Å². The van der Waals surface area contributed by atoms with Crippen molar-refractivity contribution in [2.45, 2.75) is 5.67 Å². The van der Waals surface area contributed by atoms with Crippen LogP contribution in [0.5, 0.6) is 0 Å². The van der Waals surface area contributed by atoms with Gasteiger partial charge >= 0.3 is 0 Å². The van der Waals surface area contributed by atoms with E-state index >= 15 is 0 Å². The monoisotopic (exact) mass is 246 g/mol. The summed E-state index contributed by atoms with van der Waals surface area (Å²) in [6.45, 7) is -0.0672. The van der Waals surface area contributed by atoms with Crippen molar-refractivity contribution >= 4 is 11.6 Å². The Bertz CT molecular complexity index is 599. The van der Waals surface area contributed by atoms with E-state index in [-0.39, 0.29) is 12.4 Å². The molecule has 0 aliphatic heterocycles. The van der Waals surface area contributed by atoms with Gasteiger partial charge in [0, 0.05) is 18.2 Å². The van der Waals surface area contributed by atoms with Gasteiger partial charge < -0.3 is 4.74 Å². The van der Waals surface area contributed by atoms with Crippen LogP contribution in [0.25, 0.3) is 11.6 Å². The quantitative estimate of drug-likeness (QED) is 0.775. The highest BCUT2D eigenvalue weighted by atomic mass is 19.1. The van der Waals surface area contributed by atoms with Gasteiger partial charge in [0.05, 0.1) is 6.61 Å². The van der Waals surface area contributed by atoms with Gasteiger partial charge in [0.2, 0.25) is 0 Å². The standard InChI is InChI=1S/C15H12F2O/c1-18-9-15(17)7-3-5-11-10-4-2-6-14(16)12(10)8-13(11)15/h2-8H,9H2,1H3. The van der Waals surface area contributed by atoms with Crippen molar-refractivity contribution < 1.29 is 13.5 Å². The summed E-state index contributed by atoms with van der Waals surface area (Å²) in [6.07, 6.45) is 6.50. The number of benzene rings is 1. The lowest BCUT2D eigenvalue weighted by Crippen LogP contribution is -2.30. The van der Waals surface area contributed by atoms with Crippen LogP contribution in [0.2, 0.25) is 0 Å². The first kappa shape index (κ1) is 11.4.